The van der Waals surface area contributed by atoms with E-state index >= 15 is 4.39 Å². The van der Waals surface area contributed by atoms with E-state index in [-0.39, 0.29) is 34.1 Å². The summed E-state index contributed by atoms with van der Waals surface area (Å²) < 4.78 is 50.5. The highest BCUT2D eigenvalue weighted by Gasteiger charge is 2.24. The first-order valence-corrected chi connectivity index (χ1v) is 11.9. The molecule has 0 saturated carbocycles. The second-order valence-electron chi connectivity index (χ2n) is 9.62. The molecule has 0 aliphatic carbocycles. The van der Waals surface area contributed by atoms with Crippen molar-refractivity contribution in [3.05, 3.63) is 98.7 Å². The lowest BCUT2D eigenvalue weighted by molar-refractivity contribution is 0.0739. The number of aryl methyl sites for hydroxylation is 2. The fourth-order valence-corrected chi connectivity index (χ4v) is 4.09. The molecule has 1 N–H and O–H groups in total. The van der Waals surface area contributed by atoms with Gasteiger partial charge in [-0.1, -0.05) is 6.07 Å². The summed E-state index contributed by atoms with van der Waals surface area (Å²) >= 11 is 0. The zero-order valence-corrected chi connectivity index (χ0v) is 21.8. The van der Waals surface area contributed by atoms with Gasteiger partial charge in [0.15, 0.2) is 11.6 Å². The molecule has 38 heavy (non-hydrogen) atoms. The highest BCUT2D eigenvalue weighted by Crippen LogP contribution is 2.30. The molecule has 0 radical (unpaired) electrons. The predicted octanol–water partition coefficient (Wildman–Crippen LogP) is 5.40. The molecule has 7 nitrogen and oxygen atoms in total. The Hall–Kier alpha value is -4.05. The molecule has 0 aliphatic heterocycles. The second-order valence-corrected chi connectivity index (χ2v) is 9.62. The summed E-state index contributed by atoms with van der Waals surface area (Å²) in [5, 5.41) is 10.3. The van der Waals surface area contributed by atoms with Gasteiger partial charge < -0.3 is 9.84 Å². The lowest BCUT2D eigenvalue weighted by Crippen LogP contribution is -2.26. The van der Waals surface area contributed by atoms with Gasteiger partial charge >= 0.3 is 0 Å². The van der Waals surface area contributed by atoms with Crippen molar-refractivity contribution in [1.82, 2.24) is 19.5 Å². The van der Waals surface area contributed by atoms with Gasteiger partial charge in [-0.15, -0.1) is 0 Å². The second kappa shape index (κ2) is 10.0. The Labute approximate surface area is 217 Å². The number of ether oxygens (including phenoxy) is 1. The van der Waals surface area contributed by atoms with Crippen molar-refractivity contribution in [2.75, 3.05) is 0 Å². The molecule has 4 aromatic heterocycles. The monoisotopic (exact) mass is 524 g/mol. The van der Waals surface area contributed by atoms with Gasteiger partial charge in [0, 0.05) is 24.0 Å². The molecule has 0 amide bonds. The van der Waals surface area contributed by atoms with Crippen LogP contribution in [0.3, 0.4) is 0 Å². The van der Waals surface area contributed by atoms with Gasteiger partial charge in [-0.25, -0.2) is 18.2 Å². The van der Waals surface area contributed by atoms with Crippen LogP contribution in [0.5, 0.6) is 5.75 Å². The normalized spacial score (nSPS) is 12.5. The standard InChI is InChI=1S/C28H27F3N4O3/c1-14-12-32-25(20-8-7-9-22(34-20)28(5,6)37)23(31)26(14)35-15(2)10-21(16(3)27(35)36)38-17(4)24-19(30)11-18(29)13-33-24/h7-13,17,37H,1-6H3. The zero-order valence-electron chi connectivity index (χ0n) is 21.8. The van der Waals surface area contributed by atoms with Gasteiger partial charge in [-0.05, 0) is 59.2 Å². The maximum Gasteiger partial charge on any atom is 0.262 e. The number of hydrogen-bond donors (Lipinski definition) is 1. The summed E-state index contributed by atoms with van der Waals surface area (Å²) in [4.78, 5) is 25.8. The Balaban J connectivity index is 1.80. The van der Waals surface area contributed by atoms with Gasteiger partial charge in [0.2, 0.25) is 0 Å². The lowest BCUT2D eigenvalue weighted by Gasteiger charge is -2.21. The van der Waals surface area contributed by atoms with Gasteiger partial charge in [0.1, 0.15) is 34.7 Å². The van der Waals surface area contributed by atoms with E-state index in [0.717, 1.165) is 6.20 Å². The molecule has 4 rings (SSSR count). The van der Waals surface area contributed by atoms with Crippen LogP contribution in [0.4, 0.5) is 13.2 Å². The highest BCUT2D eigenvalue weighted by molar-refractivity contribution is 5.61. The molecule has 0 spiro atoms. The topological polar surface area (TPSA) is 90.1 Å². The van der Waals surface area contributed by atoms with Crippen molar-refractivity contribution in [1.29, 1.82) is 0 Å². The zero-order chi connectivity index (χ0) is 27.9. The lowest BCUT2D eigenvalue weighted by atomic mass is 10.0. The minimum Gasteiger partial charge on any atom is -0.484 e. The minimum absolute atomic E-state index is 0.00176. The number of halogens is 3. The number of rotatable bonds is 6. The van der Waals surface area contributed by atoms with Crippen LogP contribution in [0.25, 0.3) is 17.1 Å². The minimum atomic E-state index is -1.25. The third-order valence-electron chi connectivity index (χ3n) is 6.13. The van der Waals surface area contributed by atoms with Crippen molar-refractivity contribution < 1.29 is 23.0 Å². The fourth-order valence-electron chi connectivity index (χ4n) is 4.09. The maximum absolute atomic E-state index is 16.0. The smallest absolute Gasteiger partial charge is 0.262 e. The molecule has 198 valence electrons. The van der Waals surface area contributed by atoms with E-state index in [0.29, 0.717) is 23.0 Å². The van der Waals surface area contributed by atoms with Crippen molar-refractivity contribution in [2.24, 2.45) is 0 Å². The van der Waals surface area contributed by atoms with Crippen LogP contribution in [-0.2, 0) is 5.60 Å². The average molecular weight is 525 g/mol. The van der Waals surface area contributed by atoms with Crippen LogP contribution in [0.15, 0.2) is 47.5 Å². The third-order valence-corrected chi connectivity index (χ3v) is 6.13. The van der Waals surface area contributed by atoms with Crippen LogP contribution < -0.4 is 10.3 Å². The van der Waals surface area contributed by atoms with E-state index in [9.17, 15) is 18.7 Å². The molecule has 1 unspecified atom stereocenters. The summed E-state index contributed by atoms with van der Waals surface area (Å²) in [6.07, 6.45) is 1.40. The number of nitrogens with zero attached hydrogens (tertiary/aromatic N) is 4. The van der Waals surface area contributed by atoms with E-state index in [1.807, 2.05) is 0 Å². The summed E-state index contributed by atoms with van der Waals surface area (Å²) in [5.41, 5.74) is -0.519. The van der Waals surface area contributed by atoms with E-state index in [2.05, 4.69) is 15.0 Å². The molecule has 1 atom stereocenters. The predicted molar refractivity (Wildman–Crippen MR) is 136 cm³/mol. The molecular formula is C28H27F3N4O3. The molecule has 4 aromatic rings. The first-order chi connectivity index (χ1) is 17.8. The van der Waals surface area contributed by atoms with E-state index in [1.54, 1.807) is 52.0 Å². The Kier molecular flexibility index (Phi) is 7.12. The number of aromatic nitrogens is 4. The van der Waals surface area contributed by atoms with Crippen LogP contribution in [0.1, 0.15) is 55.1 Å². The van der Waals surface area contributed by atoms with Crippen LogP contribution in [-0.4, -0.2) is 24.6 Å². The largest absolute Gasteiger partial charge is 0.484 e. The first kappa shape index (κ1) is 27.0. The Bertz CT molecular complexity index is 1600. The van der Waals surface area contributed by atoms with Crippen molar-refractivity contribution in [3.63, 3.8) is 0 Å². The van der Waals surface area contributed by atoms with Crippen LogP contribution in [0, 0.1) is 38.2 Å². The Morgan fingerprint density at radius 1 is 1.05 bits per heavy atom. The van der Waals surface area contributed by atoms with Gasteiger partial charge in [-0.3, -0.25) is 19.3 Å². The molecule has 0 aliphatic rings. The Morgan fingerprint density at radius 2 is 1.76 bits per heavy atom. The summed E-state index contributed by atoms with van der Waals surface area (Å²) in [5.74, 6) is -2.28. The van der Waals surface area contributed by atoms with Crippen molar-refractivity contribution in [2.45, 2.75) is 53.2 Å². The summed E-state index contributed by atoms with van der Waals surface area (Å²) in [6, 6.07) is 7.09. The van der Waals surface area contributed by atoms with Gasteiger partial charge in [0.25, 0.3) is 5.56 Å². The van der Waals surface area contributed by atoms with Gasteiger partial charge in [-0.2, -0.15) is 0 Å². The molecule has 0 fully saturated rings. The molecular weight excluding hydrogens is 497 g/mol. The summed E-state index contributed by atoms with van der Waals surface area (Å²) in [6.45, 7) is 9.42. The maximum atomic E-state index is 16.0. The number of pyridine rings is 4. The molecule has 0 saturated heterocycles. The van der Waals surface area contributed by atoms with Crippen molar-refractivity contribution in [3.8, 4) is 22.8 Å². The van der Waals surface area contributed by atoms with Crippen molar-refractivity contribution >= 4 is 0 Å². The first-order valence-electron chi connectivity index (χ1n) is 11.9. The fraction of sp³-hybridized carbons (Fsp3) is 0.286. The quantitative estimate of drug-likeness (QED) is 0.363. The highest BCUT2D eigenvalue weighted by atomic mass is 19.1. The van der Waals surface area contributed by atoms with Gasteiger partial charge in [0.05, 0.1) is 28.8 Å². The Morgan fingerprint density at radius 3 is 2.42 bits per heavy atom. The van der Waals surface area contributed by atoms with E-state index in [1.165, 1.54) is 24.6 Å². The molecule has 4 heterocycles. The summed E-state index contributed by atoms with van der Waals surface area (Å²) in [7, 11) is 0. The SMILES string of the molecule is Cc1cnc(-c2cccc(C(C)(C)O)n2)c(F)c1-n1c(C)cc(OC(C)c2ncc(F)cc2F)c(C)c1=O. The molecule has 10 heteroatoms. The average Bonchev–Trinajstić information content (AvgIpc) is 2.84. The third kappa shape index (κ3) is 5.04. The number of hydrogen-bond acceptors (Lipinski definition) is 6. The van der Waals surface area contributed by atoms with E-state index in [4.69, 9.17) is 4.74 Å². The van der Waals surface area contributed by atoms with Crippen LogP contribution in [0.2, 0.25) is 0 Å². The van der Waals surface area contributed by atoms with Crippen LogP contribution >= 0.6 is 0 Å². The molecule has 0 aromatic carbocycles. The number of aliphatic hydroxyl groups is 1. The molecule has 0 bridgehead atoms. The van der Waals surface area contributed by atoms with E-state index < -0.39 is 34.7 Å².